The third-order valence-electron chi connectivity index (χ3n) is 3.02. The molecule has 1 aliphatic rings. The highest BCUT2D eigenvalue weighted by atomic mass is 79.9. The van der Waals surface area contributed by atoms with Gasteiger partial charge in [-0.3, -0.25) is 0 Å². The van der Waals surface area contributed by atoms with Gasteiger partial charge in [0.25, 0.3) is 0 Å². The number of rotatable bonds is 2. The van der Waals surface area contributed by atoms with Gasteiger partial charge in [0.1, 0.15) is 5.75 Å². The van der Waals surface area contributed by atoms with Gasteiger partial charge in [-0.25, -0.2) is 4.79 Å². The van der Waals surface area contributed by atoms with Gasteiger partial charge in [0, 0.05) is 11.0 Å². The van der Waals surface area contributed by atoms with E-state index in [2.05, 4.69) is 20.1 Å². The number of halogens is 4. The van der Waals surface area contributed by atoms with Crippen LogP contribution in [0.4, 0.5) is 18.0 Å². The van der Waals surface area contributed by atoms with Gasteiger partial charge in [0.15, 0.2) is 0 Å². The molecule has 0 bridgehead atoms. The van der Waals surface area contributed by atoms with E-state index in [9.17, 15) is 26.4 Å². The Kier molecular flexibility index (Phi) is 4.30. The number of benzene rings is 1. The van der Waals surface area contributed by atoms with Gasteiger partial charge < -0.3 is 14.2 Å². The van der Waals surface area contributed by atoms with E-state index in [0.29, 0.717) is 11.1 Å². The van der Waals surface area contributed by atoms with Crippen LogP contribution < -0.4 is 4.18 Å². The smallest absolute Gasteiger partial charge is 0.465 e. The zero-order valence-electron chi connectivity index (χ0n) is 10.7. The topological polar surface area (TPSA) is 83.9 Å². The normalized spacial score (nSPS) is 15.4. The van der Waals surface area contributed by atoms with Crippen molar-refractivity contribution in [3.05, 3.63) is 27.7 Å². The van der Waals surface area contributed by atoms with Crippen LogP contribution in [0.3, 0.4) is 0 Å². The minimum atomic E-state index is -5.74. The van der Waals surface area contributed by atoms with Crippen LogP contribution in [0.2, 0.25) is 0 Å². The summed E-state index contributed by atoms with van der Waals surface area (Å²) < 4.78 is 63.2. The monoisotopic (exact) mass is 403 g/mol. The van der Waals surface area contributed by atoms with Crippen molar-refractivity contribution < 1.29 is 35.7 Å². The first-order valence-electron chi connectivity index (χ1n) is 5.81. The molecule has 122 valence electrons. The second kappa shape index (κ2) is 5.61. The fourth-order valence-corrected chi connectivity index (χ4v) is 3.03. The highest BCUT2D eigenvalue weighted by Gasteiger charge is 2.48. The maximum absolute atomic E-state index is 12.3. The van der Waals surface area contributed by atoms with Gasteiger partial charge in [-0.1, -0.05) is 15.9 Å². The number of fused-ring (bicyclic) bond motifs is 1. The van der Waals surface area contributed by atoms with Crippen molar-refractivity contribution in [2.75, 3.05) is 6.54 Å². The Morgan fingerprint density at radius 1 is 1.36 bits per heavy atom. The van der Waals surface area contributed by atoms with Crippen molar-refractivity contribution in [3.63, 3.8) is 0 Å². The molecule has 0 radical (unpaired) electrons. The highest BCUT2D eigenvalue weighted by molar-refractivity contribution is 9.10. The van der Waals surface area contributed by atoms with E-state index in [1.807, 2.05) is 0 Å². The maximum atomic E-state index is 12.3. The van der Waals surface area contributed by atoms with Crippen LogP contribution in [0, 0.1) is 0 Å². The van der Waals surface area contributed by atoms with Gasteiger partial charge in [-0.15, -0.1) is 0 Å². The molecule has 0 fully saturated rings. The summed E-state index contributed by atoms with van der Waals surface area (Å²) in [4.78, 5) is 12.1. The minimum absolute atomic E-state index is 0.0531. The van der Waals surface area contributed by atoms with E-state index in [0.717, 1.165) is 11.0 Å². The van der Waals surface area contributed by atoms with Crippen LogP contribution in [0.5, 0.6) is 5.75 Å². The molecule has 1 aliphatic heterocycles. The van der Waals surface area contributed by atoms with Crippen LogP contribution >= 0.6 is 15.9 Å². The zero-order valence-corrected chi connectivity index (χ0v) is 13.1. The van der Waals surface area contributed by atoms with Crippen molar-refractivity contribution in [2.24, 2.45) is 0 Å². The Bertz CT molecular complexity index is 719. The number of hydrogen-bond donors (Lipinski definition) is 1. The predicted octanol–water partition coefficient (Wildman–Crippen LogP) is 2.71. The lowest BCUT2D eigenvalue weighted by Crippen LogP contribution is -2.35. The molecule has 0 saturated carbocycles. The van der Waals surface area contributed by atoms with E-state index >= 15 is 0 Å². The number of nitrogens with zero attached hydrogens (tertiary/aromatic N) is 1. The summed E-state index contributed by atoms with van der Waals surface area (Å²) in [6.45, 7) is 0.210. The Morgan fingerprint density at radius 3 is 2.55 bits per heavy atom. The lowest BCUT2D eigenvalue weighted by Gasteiger charge is -2.27. The van der Waals surface area contributed by atoms with Crippen molar-refractivity contribution in [1.82, 2.24) is 4.90 Å². The van der Waals surface area contributed by atoms with E-state index in [-0.39, 0.29) is 24.0 Å². The molecule has 0 atom stereocenters. The Morgan fingerprint density at radius 2 is 2.00 bits per heavy atom. The van der Waals surface area contributed by atoms with Crippen LogP contribution in [0.1, 0.15) is 11.1 Å². The summed E-state index contributed by atoms with van der Waals surface area (Å²) >= 11 is 3.09. The number of alkyl halides is 3. The molecule has 0 saturated heterocycles. The first kappa shape index (κ1) is 16.9. The number of amides is 1. The Balaban J connectivity index is 2.33. The first-order valence-corrected chi connectivity index (χ1v) is 8.01. The number of carbonyl (C=O) groups is 1. The number of carboxylic acid groups (broad SMARTS) is 1. The van der Waals surface area contributed by atoms with Crippen LogP contribution in [0.15, 0.2) is 16.6 Å². The van der Waals surface area contributed by atoms with Crippen molar-refractivity contribution in [3.8, 4) is 5.75 Å². The van der Waals surface area contributed by atoms with Crippen molar-refractivity contribution >= 4 is 32.1 Å². The summed E-state index contributed by atoms with van der Waals surface area (Å²) in [7, 11) is -5.74. The molecule has 0 spiro atoms. The molecule has 1 amide bonds. The molecule has 0 unspecified atom stereocenters. The first-order chi connectivity index (χ1) is 10.0. The lowest BCUT2D eigenvalue weighted by atomic mass is 10.00. The molecule has 11 heteroatoms. The van der Waals surface area contributed by atoms with E-state index in [4.69, 9.17) is 5.11 Å². The standard InChI is InChI=1S/C11H9BrF3NO5S/c12-9-4-7(21-22(19,20)11(13,14)15)3-6-1-2-16(10(17)18)5-8(6)9/h3-4H,1-2,5H2,(H,17,18). The fourth-order valence-electron chi connectivity index (χ4n) is 1.98. The molecule has 2 rings (SSSR count). The van der Waals surface area contributed by atoms with E-state index in [1.54, 1.807) is 0 Å². The zero-order chi connectivity index (χ0) is 16.7. The molecule has 1 aromatic rings. The maximum Gasteiger partial charge on any atom is 0.534 e. The molecule has 22 heavy (non-hydrogen) atoms. The van der Waals surface area contributed by atoms with E-state index < -0.39 is 27.5 Å². The number of hydrogen-bond acceptors (Lipinski definition) is 4. The second-order valence-corrected chi connectivity index (χ2v) is 6.87. The molecule has 1 N–H and O–H groups in total. The molecule has 1 heterocycles. The fraction of sp³-hybridized carbons (Fsp3) is 0.364. The average Bonchev–Trinajstić information content (AvgIpc) is 2.36. The van der Waals surface area contributed by atoms with Crippen molar-refractivity contribution in [2.45, 2.75) is 18.5 Å². The van der Waals surface area contributed by atoms with E-state index in [1.165, 1.54) is 6.07 Å². The average molecular weight is 404 g/mol. The summed E-state index contributed by atoms with van der Waals surface area (Å²) in [6.07, 6.45) is -0.874. The van der Waals surface area contributed by atoms with Crippen LogP contribution in [0.25, 0.3) is 0 Å². The third-order valence-corrected chi connectivity index (χ3v) is 4.71. The summed E-state index contributed by atoms with van der Waals surface area (Å²) in [6, 6.07) is 2.23. The third kappa shape index (κ3) is 3.29. The molecule has 1 aromatic carbocycles. The predicted molar refractivity (Wildman–Crippen MR) is 71.9 cm³/mol. The van der Waals surface area contributed by atoms with Gasteiger partial charge in [0.2, 0.25) is 0 Å². The molecule has 0 aliphatic carbocycles. The quantitative estimate of drug-likeness (QED) is 0.606. The van der Waals surface area contributed by atoms with Gasteiger partial charge in [-0.2, -0.15) is 21.6 Å². The lowest BCUT2D eigenvalue weighted by molar-refractivity contribution is -0.0500. The Hall–Kier alpha value is -1.49. The minimum Gasteiger partial charge on any atom is -0.465 e. The molecular formula is C11H9BrF3NO5S. The summed E-state index contributed by atoms with van der Waals surface area (Å²) in [5.41, 5.74) is -4.43. The molecule has 6 nitrogen and oxygen atoms in total. The van der Waals surface area contributed by atoms with Gasteiger partial charge in [0.05, 0.1) is 6.54 Å². The second-order valence-electron chi connectivity index (χ2n) is 4.48. The summed E-state index contributed by atoms with van der Waals surface area (Å²) in [5, 5.41) is 8.93. The molecule has 0 aromatic heterocycles. The Labute approximate surface area is 131 Å². The van der Waals surface area contributed by atoms with Crippen LogP contribution in [-0.4, -0.2) is 36.6 Å². The summed E-state index contributed by atoms with van der Waals surface area (Å²) in [5.74, 6) is -0.480. The van der Waals surface area contributed by atoms with Gasteiger partial charge >= 0.3 is 21.7 Å². The SMILES string of the molecule is O=C(O)N1CCc2cc(OS(=O)(=O)C(F)(F)F)cc(Br)c2C1. The largest absolute Gasteiger partial charge is 0.534 e. The van der Waals surface area contributed by atoms with Crippen molar-refractivity contribution in [1.29, 1.82) is 0 Å². The van der Waals surface area contributed by atoms with Crippen LogP contribution in [-0.2, 0) is 23.1 Å². The highest BCUT2D eigenvalue weighted by Crippen LogP contribution is 2.34. The molecular weight excluding hydrogens is 395 g/mol. The van der Waals surface area contributed by atoms with Gasteiger partial charge in [-0.05, 0) is 29.7 Å².